The molecule has 0 saturated carbocycles. The Labute approximate surface area is 173 Å². The van der Waals surface area contributed by atoms with E-state index in [1.807, 2.05) is 18.2 Å². The molecule has 1 aromatic heterocycles. The molecule has 0 saturated heterocycles. The molecule has 0 radical (unpaired) electrons. The van der Waals surface area contributed by atoms with E-state index in [-0.39, 0.29) is 18.9 Å². The minimum Gasteiger partial charge on any atom is -0.495 e. The number of fused-ring (bicyclic) bond motifs is 1. The smallest absolute Gasteiger partial charge is 0.290 e. The molecule has 2 amide bonds. The predicted molar refractivity (Wildman–Crippen MR) is 111 cm³/mol. The number of hydrogen-bond donors (Lipinski definition) is 1. The van der Waals surface area contributed by atoms with E-state index in [2.05, 4.69) is 5.32 Å². The summed E-state index contributed by atoms with van der Waals surface area (Å²) in [5.74, 6) is -0.188. The highest BCUT2D eigenvalue weighted by Crippen LogP contribution is 2.29. The van der Waals surface area contributed by atoms with Crippen molar-refractivity contribution in [1.82, 2.24) is 4.90 Å². The van der Waals surface area contributed by atoms with Crippen LogP contribution in [-0.2, 0) is 16.1 Å². The number of nitrogens with zero attached hydrogens (tertiary/aromatic N) is 1. The van der Waals surface area contributed by atoms with Gasteiger partial charge in [0.25, 0.3) is 5.91 Å². The summed E-state index contributed by atoms with van der Waals surface area (Å²) in [6, 6.07) is 12.2. The Morgan fingerprint density at radius 1 is 1.17 bits per heavy atom. The summed E-state index contributed by atoms with van der Waals surface area (Å²) in [5, 5.41) is 3.97. The second-order valence-corrected chi connectivity index (χ2v) is 6.83. The highest BCUT2D eigenvalue weighted by Gasteiger charge is 2.24. The number of carbonyl (C=O) groups excluding carboxylic acids is 2. The first kappa shape index (κ1) is 20.7. The summed E-state index contributed by atoms with van der Waals surface area (Å²) in [7, 11) is 4.57. The number of methoxy groups -OCH3 is 2. The minimum atomic E-state index is -0.415. The van der Waals surface area contributed by atoms with Crippen molar-refractivity contribution in [3.8, 4) is 5.75 Å². The summed E-state index contributed by atoms with van der Waals surface area (Å²) in [6.45, 7) is 0.0375. The van der Waals surface area contributed by atoms with Gasteiger partial charge in [-0.05, 0) is 24.3 Å². The predicted octanol–water partition coefficient (Wildman–Crippen LogP) is 3.95. The van der Waals surface area contributed by atoms with Crippen LogP contribution >= 0.6 is 11.6 Å². The van der Waals surface area contributed by atoms with Crippen LogP contribution in [0.5, 0.6) is 5.75 Å². The molecular formula is C21H21ClN2O5. The molecule has 2 aromatic carbocycles. The van der Waals surface area contributed by atoms with Gasteiger partial charge in [-0.15, -0.1) is 0 Å². The summed E-state index contributed by atoms with van der Waals surface area (Å²) in [5.41, 5.74) is 1.66. The van der Waals surface area contributed by atoms with Gasteiger partial charge in [-0.3, -0.25) is 9.59 Å². The molecule has 1 N–H and O–H groups in total. The van der Waals surface area contributed by atoms with Crippen molar-refractivity contribution >= 4 is 40.1 Å². The number of ether oxygens (including phenoxy) is 2. The average molecular weight is 417 g/mol. The van der Waals surface area contributed by atoms with E-state index in [0.717, 1.165) is 5.39 Å². The number of nitrogens with one attached hydrogen (secondary N) is 1. The summed E-state index contributed by atoms with van der Waals surface area (Å²) >= 11 is 5.98. The number of benzene rings is 2. The van der Waals surface area contributed by atoms with Crippen molar-refractivity contribution in [3.63, 3.8) is 0 Å². The Bertz CT molecular complexity index is 1050. The number of halogens is 1. The van der Waals surface area contributed by atoms with Crippen LogP contribution < -0.4 is 10.1 Å². The second kappa shape index (κ2) is 8.98. The molecule has 0 fully saturated rings. The van der Waals surface area contributed by atoms with E-state index in [4.69, 9.17) is 25.5 Å². The SMILES string of the molecule is COCc1c(C(=O)N(C)CC(=O)Nc2cc(Cl)ccc2OC)oc2ccccc12. The number of furan rings is 1. The normalized spacial score (nSPS) is 10.8. The summed E-state index contributed by atoms with van der Waals surface area (Å²) < 4.78 is 16.2. The summed E-state index contributed by atoms with van der Waals surface area (Å²) in [6.07, 6.45) is 0. The van der Waals surface area contributed by atoms with Gasteiger partial charge >= 0.3 is 0 Å². The average Bonchev–Trinajstić information content (AvgIpc) is 3.06. The fourth-order valence-corrected chi connectivity index (χ4v) is 3.16. The molecule has 0 bridgehead atoms. The lowest BCUT2D eigenvalue weighted by Crippen LogP contribution is -2.35. The second-order valence-electron chi connectivity index (χ2n) is 6.39. The van der Waals surface area contributed by atoms with E-state index >= 15 is 0 Å². The number of carbonyl (C=O) groups is 2. The Kier molecular flexibility index (Phi) is 6.41. The van der Waals surface area contributed by atoms with Gasteiger partial charge in [-0.25, -0.2) is 0 Å². The molecule has 0 aliphatic carbocycles. The lowest BCUT2D eigenvalue weighted by Gasteiger charge is -2.17. The molecule has 0 aliphatic rings. The molecule has 152 valence electrons. The number of rotatable bonds is 7. The third-order valence-corrected chi connectivity index (χ3v) is 4.58. The van der Waals surface area contributed by atoms with Crippen LogP contribution in [0.15, 0.2) is 46.9 Å². The first-order valence-corrected chi connectivity index (χ1v) is 9.20. The van der Waals surface area contributed by atoms with Gasteiger partial charge in [0.1, 0.15) is 11.3 Å². The molecule has 8 heteroatoms. The highest BCUT2D eigenvalue weighted by atomic mass is 35.5. The molecule has 1 heterocycles. The molecule has 0 atom stereocenters. The van der Waals surface area contributed by atoms with Crippen molar-refractivity contribution in [1.29, 1.82) is 0 Å². The fourth-order valence-electron chi connectivity index (χ4n) is 2.99. The maximum absolute atomic E-state index is 12.9. The van der Waals surface area contributed by atoms with Gasteiger partial charge in [-0.1, -0.05) is 29.8 Å². The lowest BCUT2D eigenvalue weighted by molar-refractivity contribution is -0.116. The molecule has 0 aliphatic heterocycles. The van der Waals surface area contributed by atoms with Gasteiger partial charge in [0.05, 0.1) is 25.9 Å². The largest absolute Gasteiger partial charge is 0.495 e. The number of hydrogen-bond acceptors (Lipinski definition) is 5. The molecule has 0 spiro atoms. The van der Waals surface area contributed by atoms with Crippen LogP contribution in [0.1, 0.15) is 16.1 Å². The van der Waals surface area contributed by atoms with Gasteiger partial charge in [0.2, 0.25) is 5.91 Å². The maximum Gasteiger partial charge on any atom is 0.290 e. The van der Waals surface area contributed by atoms with Gasteiger partial charge in [0, 0.05) is 30.1 Å². The number of amides is 2. The van der Waals surface area contributed by atoms with E-state index in [1.54, 1.807) is 31.4 Å². The number of para-hydroxylation sites is 1. The number of likely N-dealkylation sites (N-methyl/N-ethyl adjacent to an activating group) is 1. The maximum atomic E-state index is 12.9. The molecular weight excluding hydrogens is 396 g/mol. The monoisotopic (exact) mass is 416 g/mol. The quantitative estimate of drug-likeness (QED) is 0.630. The Morgan fingerprint density at radius 3 is 2.66 bits per heavy atom. The van der Waals surface area contributed by atoms with E-state index in [0.29, 0.717) is 27.6 Å². The van der Waals surface area contributed by atoms with Crippen LogP contribution in [0.4, 0.5) is 5.69 Å². The zero-order valence-electron chi connectivity index (χ0n) is 16.3. The van der Waals surface area contributed by atoms with Crippen LogP contribution in [0, 0.1) is 0 Å². The Morgan fingerprint density at radius 2 is 1.93 bits per heavy atom. The van der Waals surface area contributed by atoms with Crippen LogP contribution in [0.3, 0.4) is 0 Å². The topological polar surface area (TPSA) is 81.0 Å². The Hall–Kier alpha value is -3.03. The van der Waals surface area contributed by atoms with E-state index in [1.165, 1.54) is 19.1 Å². The van der Waals surface area contributed by atoms with Crippen LogP contribution in [0.2, 0.25) is 5.02 Å². The van der Waals surface area contributed by atoms with Gasteiger partial charge in [-0.2, -0.15) is 0 Å². The van der Waals surface area contributed by atoms with Crippen LogP contribution in [-0.4, -0.2) is 44.5 Å². The molecule has 3 rings (SSSR count). The summed E-state index contributed by atoms with van der Waals surface area (Å²) in [4.78, 5) is 26.7. The first-order valence-electron chi connectivity index (χ1n) is 8.82. The first-order chi connectivity index (χ1) is 13.9. The van der Waals surface area contributed by atoms with E-state index in [9.17, 15) is 9.59 Å². The van der Waals surface area contributed by atoms with Crippen molar-refractivity contribution in [3.05, 3.63) is 58.8 Å². The van der Waals surface area contributed by atoms with Crippen molar-refractivity contribution in [2.45, 2.75) is 6.61 Å². The van der Waals surface area contributed by atoms with Crippen molar-refractivity contribution < 1.29 is 23.5 Å². The third kappa shape index (κ3) is 4.52. The molecule has 0 unspecified atom stereocenters. The zero-order valence-corrected chi connectivity index (χ0v) is 17.1. The standard InChI is InChI=1S/C21H21ClN2O5/c1-24(11-19(25)23-16-10-13(22)8-9-18(16)28-3)21(26)20-15(12-27-2)14-6-4-5-7-17(14)29-20/h4-10H,11-12H2,1-3H3,(H,23,25). The lowest BCUT2D eigenvalue weighted by atomic mass is 10.1. The third-order valence-electron chi connectivity index (χ3n) is 4.34. The Balaban J connectivity index is 1.77. The van der Waals surface area contributed by atoms with Gasteiger partial charge < -0.3 is 24.1 Å². The number of anilines is 1. The van der Waals surface area contributed by atoms with E-state index < -0.39 is 11.8 Å². The molecule has 7 nitrogen and oxygen atoms in total. The molecule has 3 aromatic rings. The van der Waals surface area contributed by atoms with Crippen molar-refractivity contribution in [2.24, 2.45) is 0 Å². The van der Waals surface area contributed by atoms with Crippen molar-refractivity contribution in [2.75, 3.05) is 33.1 Å². The zero-order chi connectivity index (χ0) is 21.0. The fraction of sp³-hybridized carbons (Fsp3) is 0.238. The molecule has 29 heavy (non-hydrogen) atoms. The highest BCUT2D eigenvalue weighted by molar-refractivity contribution is 6.31. The minimum absolute atomic E-state index is 0.156. The van der Waals surface area contributed by atoms with Crippen LogP contribution in [0.25, 0.3) is 11.0 Å². The van der Waals surface area contributed by atoms with Gasteiger partial charge in [0.15, 0.2) is 5.76 Å².